The zero-order valence-electron chi connectivity index (χ0n) is 18.3. The first-order valence-corrected chi connectivity index (χ1v) is 12.9. The third-order valence-electron chi connectivity index (χ3n) is 5.26. The van der Waals surface area contributed by atoms with Gasteiger partial charge in [0.15, 0.2) is 27.9 Å². The van der Waals surface area contributed by atoms with Crippen molar-refractivity contribution in [1.29, 1.82) is 0 Å². The monoisotopic (exact) mass is 474 g/mol. The lowest BCUT2D eigenvalue weighted by Crippen LogP contribution is -2.31. The minimum Gasteiger partial charge on any atom is -0.382 e. The molecule has 4 rings (SSSR count). The van der Waals surface area contributed by atoms with Gasteiger partial charge in [-0.15, -0.1) is 0 Å². The number of aryl methyl sites for hydroxylation is 2. The summed E-state index contributed by atoms with van der Waals surface area (Å²) in [7, 11) is -3.37. The molecule has 2 heterocycles. The van der Waals surface area contributed by atoms with Gasteiger partial charge in [0.2, 0.25) is 10.0 Å². The number of aromatic nitrogens is 4. The lowest BCUT2D eigenvalue weighted by molar-refractivity contribution is 0.0994. The molecule has 0 spiro atoms. The number of carbonyl (C=O) groups excluding carboxylic acids is 1. The summed E-state index contributed by atoms with van der Waals surface area (Å²) in [4.78, 5) is 26.1. The number of imidazole rings is 1. The van der Waals surface area contributed by atoms with Gasteiger partial charge in [-0.2, -0.15) is 0 Å². The summed E-state index contributed by atoms with van der Waals surface area (Å²) in [6, 6.07) is 3.98. The van der Waals surface area contributed by atoms with Crippen molar-refractivity contribution < 1.29 is 13.2 Å². The molecule has 0 saturated carbocycles. The molecular formula is C21H26N6O3S2. The van der Waals surface area contributed by atoms with E-state index in [0.29, 0.717) is 29.3 Å². The van der Waals surface area contributed by atoms with Crippen molar-refractivity contribution in [1.82, 2.24) is 24.2 Å². The summed E-state index contributed by atoms with van der Waals surface area (Å²) in [5, 5.41) is 0.615. The van der Waals surface area contributed by atoms with Gasteiger partial charge in [0.05, 0.1) is 5.75 Å². The number of nitrogens with zero attached hydrogens (tertiary/aromatic N) is 4. The van der Waals surface area contributed by atoms with Gasteiger partial charge in [0.25, 0.3) is 0 Å². The van der Waals surface area contributed by atoms with Gasteiger partial charge >= 0.3 is 0 Å². The second kappa shape index (κ2) is 8.80. The number of ketones is 1. The summed E-state index contributed by atoms with van der Waals surface area (Å²) in [5.41, 5.74) is 9.92. The number of nitrogen functional groups attached to an aromatic ring is 1. The average Bonchev–Trinajstić information content (AvgIpc) is 3.23. The second-order valence-electron chi connectivity index (χ2n) is 8.35. The van der Waals surface area contributed by atoms with Crippen LogP contribution in [0.4, 0.5) is 5.82 Å². The predicted molar refractivity (Wildman–Crippen MR) is 124 cm³/mol. The minimum absolute atomic E-state index is 0.0331. The maximum absolute atomic E-state index is 12.2. The van der Waals surface area contributed by atoms with E-state index in [1.54, 1.807) is 0 Å². The van der Waals surface area contributed by atoms with Gasteiger partial charge in [0.1, 0.15) is 6.33 Å². The number of benzene rings is 1. The molecule has 0 fully saturated rings. The standard InChI is InChI=1S/C21H26N6O3S2/c1-12(2)10-32(29,30)25-6-7-27-20-18(19(22)23-11-24-20)26-21(27)31-17-9-15-14(8-13(17)3)4-5-16(15)28/h8-9,11-12,25H,4-7,10H2,1-3H3,(H2,22,23,24). The Morgan fingerprint density at radius 3 is 2.78 bits per heavy atom. The second-order valence-corrected chi connectivity index (χ2v) is 11.2. The molecule has 2 aromatic heterocycles. The van der Waals surface area contributed by atoms with Crippen molar-refractivity contribution in [3.05, 3.63) is 35.2 Å². The summed E-state index contributed by atoms with van der Waals surface area (Å²) >= 11 is 1.41. The highest BCUT2D eigenvalue weighted by molar-refractivity contribution is 7.99. The third kappa shape index (κ3) is 4.64. The smallest absolute Gasteiger partial charge is 0.211 e. The molecule has 1 aliphatic carbocycles. The van der Waals surface area contributed by atoms with Crippen molar-refractivity contribution in [2.24, 2.45) is 5.92 Å². The Balaban J connectivity index is 1.66. The number of hydrogen-bond acceptors (Lipinski definition) is 8. The summed E-state index contributed by atoms with van der Waals surface area (Å²) in [6.45, 7) is 6.25. The zero-order valence-corrected chi connectivity index (χ0v) is 19.9. The lowest BCUT2D eigenvalue weighted by atomic mass is 10.1. The summed E-state index contributed by atoms with van der Waals surface area (Å²) in [6.07, 6.45) is 2.69. The van der Waals surface area contributed by atoms with Crippen LogP contribution in [0.1, 0.15) is 41.8 Å². The van der Waals surface area contributed by atoms with Gasteiger partial charge in [-0.3, -0.25) is 4.79 Å². The van der Waals surface area contributed by atoms with Crippen LogP contribution in [-0.2, 0) is 23.0 Å². The summed E-state index contributed by atoms with van der Waals surface area (Å²) in [5.74, 6) is 0.518. The fourth-order valence-corrected chi connectivity index (χ4v) is 6.25. The van der Waals surface area contributed by atoms with Crippen molar-refractivity contribution in [3.63, 3.8) is 0 Å². The topological polar surface area (TPSA) is 133 Å². The molecule has 3 aromatic rings. The summed E-state index contributed by atoms with van der Waals surface area (Å²) < 4.78 is 28.9. The molecule has 32 heavy (non-hydrogen) atoms. The van der Waals surface area contributed by atoms with Gasteiger partial charge in [-0.25, -0.2) is 28.1 Å². The molecule has 0 radical (unpaired) electrons. The first-order chi connectivity index (χ1) is 15.1. The van der Waals surface area contributed by atoms with E-state index in [1.165, 1.54) is 18.1 Å². The largest absolute Gasteiger partial charge is 0.382 e. The van der Waals surface area contributed by atoms with Crippen LogP contribution in [0, 0.1) is 12.8 Å². The molecule has 170 valence electrons. The first-order valence-electron chi connectivity index (χ1n) is 10.4. The number of hydrogen-bond donors (Lipinski definition) is 2. The Hall–Kier alpha value is -2.50. The molecule has 0 bridgehead atoms. The van der Waals surface area contributed by atoms with Gasteiger partial charge in [-0.05, 0) is 36.5 Å². The number of nitrogens with two attached hydrogens (primary N) is 1. The molecule has 1 aliphatic rings. The van der Waals surface area contributed by atoms with Crippen LogP contribution >= 0.6 is 11.8 Å². The van der Waals surface area contributed by atoms with Crippen molar-refractivity contribution in [2.45, 2.75) is 50.2 Å². The fraction of sp³-hybridized carbons (Fsp3) is 0.429. The van der Waals surface area contributed by atoms with E-state index >= 15 is 0 Å². The van der Waals surface area contributed by atoms with Crippen molar-refractivity contribution in [3.8, 4) is 0 Å². The van der Waals surface area contributed by atoms with Crippen LogP contribution in [0.2, 0.25) is 0 Å². The van der Waals surface area contributed by atoms with E-state index in [4.69, 9.17) is 5.73 Å². The normalized spacial score (nSPS) is 13.9. The SMILES string of the molecule is Cc1cc2c(cc1Sc1nc3c(N)ncnc3n1CCNS(=O)(=O)CC(C)C)C(=O)CC2. The maximum Gasteiger partial charge on any atom is 0.211 e. The zero-order chi connectivity index (χ0) is 23.0. The van der Waals surface area contributed by atoms with Gasteiger partial charge in [-0.1, -0.05) is 31.7 Å². The first kappa shape index (κ1) is 22.7. The Morgan fingerprint density at radius 2 is 2.03 bits per heavy atom. The maximum atomic E-state index is 12.2. The Labute approximate surface area is 191 Å². The molecule has 0 saturated heterocycles. The van der Waals surface area contributed by atoms with Gasteiger partial charge < -0.3 is 10.3 Å². The molecule has 0 aliphatic heterocycles. The third-order valence-corrected chi connectivity index (χ3v) is 8.16. The number of fused-ring (bicyclic) bond motifs is 2. The van der Waals surface area contributed by atoms with Crippen LogP contribution < -0.4 is 10.5 Å². The Kier molecular flexibility index (Phi) is 6.24. The molecule has 9 nitrogen and oxygen atoms in total. The van der Waals surface area contributed by atoms with Crippen molar-refractivity contribution >= 4 is 44.6 Å². The van der Waals surface area contributed by atoms with Gasteiger partial charge in [0, 0.05) is 30.0 Å². The van der Waals surface area contributed by atoms with E-state index in [-0.39, 0.29) is 29.8 Å². The quantitative estimate of drug-likeness (QED) is 0.509. The number of sulfonamides is 1. The minimum atomic E-state index is -3.37. The van der Waals surface area contributed by atoms with E-state index in [9.17, 15) is 13.2 Å². The number of Topliss-reactive ketones (excluding diaryl/α,β-unsaturated/α-hetero) is 1. The molecule has 0 unspecified atom stereocenters. The highest BCUT2D eigenvalue weighted by atomic mass is 32.2. The molecule has 3 N–H and O–H groups in total. The van der Waals surface area contributed by atoms with Crippen LogP contribution in [0.3, 0.4) is 0 Å². The van der Waals surface area contributed by atoms with Crippen LogP contribution in [-0.4, -0.2) is 46.0 Å². The Morgan fingerprint density at radius 1 is 1.25 bits per heavy atom. The molecular weight excluding hydrogens is 448 g/mol. The fourth-order valence-electron chi connectivity index (χ4n) is 3.83. The van der Waals surface area contributed by atoms with Crippen LogP contribution in [0.25, 0.3) is 11.2 Å². The van der Waals surface area contributed by atoms with E-state index < -0.39 is 10.0 Å². The van der Waals surface area contributed by atoms with Crippen molar-refractivity contribution in [2.75, 3.05) is 18.0 Å². The Bertz CT molecular complexity index is 1300. The van der Waals surface area contributed by atoms with Crippen LogP contribution in [0.5, 0.6) is 0 Å². The van der Waals surface area contributed by atoms with E-state index in [2.05, 4.69) is 25.7 Å². The van der Waals surface area contributed by atoms with Crippen LogP contribution in [0.15, 0.2) is 28.5 Å². The lowest BCUT2D eigenvalue weighted by Gasteiger charge is -2.12. The predicted octanol–water partition coefficient (Wildman–Crippen LogP) is 2.57. The molecule has 0 amide bonds. The van der Waals surface area contributed by atoms with E-state index in [0.717, 1.165) is 28.0 Å². The number of rotatable bonds is 8. The number of nitrogens with one attached hydrogen (secondary N) is 1. The average molecular weight is 475 g/mol. The molecule has 1 aromatic carbocycles. The highest BCUT2D eigenvalue weighted by Gasteiger charge is 2.23. The number of carbonyl (C=O) groups is 1. The molecule has 0 atom stereocenters. The molecule has 11 heteroatoms. The highest BCUT2D eigenvalue weighted by Crippen LogP contribution is 2.36. The van der Waals surface area contributed by atoms with E-state index in [1.807, 2.05) is 31.4 Å². The number of anilines is 1.